The smallest absolute Gasteiger partial charge is 0.228 e. The number of aromatic nitrogens is 1. The van der Waals surface area contributed by atoms with Crippen LogP contribution in [0.25, 0.3) is 33.0 Å². The first kappa shape index (κ1) is 18.6. The molecule has 5 aliphatic rings. The predicted octanol–water partition coefficient (Wildman–Crippen LogP) is 7.27. The molecule has 2 aromatic carbocycles. The maximum absolute atomic E-state index is 6.84. The van der Waals surface area contributed by atoms with Gasteiger partial charge in [-0.3, -0.25) is 0 Å². The van der Waals surface area contributed by atoms with Crippen LogP contribution in [0.3, 0.4) is 0 Å². The minimum absolute atomic E-state index is 0.362. The zero-order chi connectivity index (χ0) is 22.1. The number of benzene rings is 2. The standard InChI is InChI=1S/C30H30NO2/c1-16-23-5-7-32-28(23)17(2)25-27-26-21(4-6-31(27)3)11-22(12-24(26)33-29(16)25)30-13-18-8-19(14-30)10-20(9-18)15-30/h4-7,11-12,18-20H,8-10,13-15H2,1-3H3/q+1. The third-order valence-electron chi connectivity index (χ3n) is 9.65. The summed E-state index contributed by atoms with van der Waals surface area (Å²) >= 11 is 0. The van der Waals surface area contributed by atoms with Gasteiger partial charge in [0, 0.05) is 22.6 Å². The van der Waals surface area contributed by atoms with Crippen LogP contribution >= 0.6 is 0 Å². The van der Waals surface area contributed by atoms with Crippen LogP contribution in [0.5, 0.6) is 11.5 Å². The van der Waals surface area contributed by atoms with E-state index in [1.807, 2.05) is 0 Å². The number of furan rings is 1. The average Bonchev–Trinajstić information content (AvgIpc) is 3.29. The highest BCUT2D eigenvalue weighted by atomic mass is 16.5. The Morgan fingerprint density at radius 1 is 0.939 bits per heavy atom. The van der Waals surface area contributed by atoms with E-state index in [9.17, 15) is 0 Å². The van der Waals surface area contributed by atoms with E-state index in [1.54, 1.807) is 6.26 Å². The lowest BCUT2D eigenvalue weighted by atomic mass is 9.48. The summed E-state index contributed by atoms with van der Waals surface area (Å²) in [6.07, 6.45) is 12.6. The summed E-state index contributed by atoms with van der Waals surface area (Å²) in [5, 5.41) is 3.71. The number of hydrogen-bond acceptors (Lipinski definition) is 2. The molecule has 4 saturated carbocycles. The van der Waals surface area contributed by atoms with E-state index < -0.39 is 0 Å². The molecule has 33 heavy (non-hydrogen) atoms. The van der Waals surface area contributed by atoms with Crippen molar-refractivity contribution in [3.8, 4) is 22.8 Å². The fourth-order valence-electron chi connectivity index (χ4n) is 8.63. The van der Waals surface area contributed by atoms with Crippen LogP contribution < -0.4 is 9.30 Å². The Morgan fingerprint density at radius 2 is 1.67 bits per heavy atom. The summed E-state index contributed by atoms with van der Waals surface area (Å²) in [7, 11) is 2.15. The number of hydrogen-bond donors (Lipinski definition) is 0. The molecular weight excluding hydrogens is 406 g/mol. The first-order valence-electron chi connectivity index (χ1n) is 12.7. The lowest BCUT2D eigenvalue weighted by Gasteiger charge is -2.57. The largest absolute Gasteiger partial charge is 0.464 e. The Balaban J connectivity index is 1.41. The van der Waals surface area contributed by atoms with Gasteiger partial charge in [-0.25, -0.2) is 4.57 Å². The van der Waals surface area contributed by atoms with E-state index in [0.29, 0.717) is 5.41 Å². The highest BCUT2D eigenvalue weighted by Crippen LogP contribution is 2.62. The van der Waals surface area contributed by atoms with Gasteiger partial charge < -0.3 is 9.15 Å². The van der Waals surface area contributed by atoms with Gasteiger partial charge in [-0.05, 0) is 105 Å². The van der Waals surface area contributed by atoms with Gasteiger partial charge in [0.05, 0.1) is 17.2 Å². The Kier molecular flexibility index (Phi) is 3.38. The second-order valence-corrected chi connectivity index (χ2v) is 11.6. The van der Waals surface area contributed by atoms with Crippen molar-refractivity contribution < 1.29 is 13.7 Å². The fourth-order valence-corrected chi connectivity index (χ4v) is 8.63. The summed E-state index contributed by atoms with van der Waals surface area (Å²) in [5.74, 6) is 4.86. The van der Waals surface area contributed by atoms with Crippen LogP contribution in [0, 0.1) is 31.6 Å². The minimum Gasteiger partial charge on any atom is -0.464 e. The van der Waals surface area contributed by atoms with Crippen molar-refractivity contribution in [3.05, 3.63) is 53.4 Å². The molecule has 0 amide bonds. The maximum Gasteiger partial charge on any atom is 0.228 e. The first-order valence-corrected chi connectivity index (χ1v) is 12.7. The SMILES string of the molecule is Cc1c2c(c(C)c3occc13)-c1c3c(cc(C45CC6CC(CC(C6)C4)C5)cc3cc[n+]1C)O2. The van der Waals surface area contributed by atoms with Gasteiger partial charge in [0.25, 0.3) is 0 Å². The van der Waals surface area contributed by atoms with Crippen molar-refractivity contribution in [1.29, 1.82) is 0 Å². The molecule has 0 N–H and O–H groups in total. The van der Waals surface area contributed by atoms with Gasteiger partial charge in [0.2, 0.25) is 5.69 Å². The van der Waals surface area contributed by atoms with Crippen LogP contribution in [0.15, 0.2) is 41.1 Å². The molecule has 4 bridgehead atoms. The maximum atomic E-state index is 6.84. The molecule has 2 aromatic heterocycles. The molecule has 1 aliphatic heterocycles. The van der Waals surface area contributed by atoms with Gasteiger partial charge >= 0.3 is 0 Å². The molecule has 4 aliphatic carbocycles. The van der Waals surface area contributed by atoms with Crippen molar-refractivity contribution in [2.75, 3.05) is 0 Å². The second kappa shape index (κ2) is 6.00. The van der Waals surface area contributed by atoms with E-state index in [2.05, 4.69) is 55.9 Å². The molecule has 9 rings (SSSR count). The van der Waals surface area contributed by atoms with Crippen LogP contribution in [-0.4, -0.2) is 0 Å². The molecule has 3 heteroatoms. The Morgan fingerprint density at radius 3 is 2.39 bits per heavy atom. The van der Waals surface area contributed by atoms with Crippen LogP contribution in [0.1, 0.15) is 55.2 Å². The van der Waals surface area contributed by atoms with Gasteiger partial charge in [-0.2, -0.15) is 0 Å². The molecule has 0 unspecified atom stereocenters. The summed E-state index contributed by atoms with van der Waals surface area (Å²) in [6, 6.07) is 9.30. The quantitative estimate of drug-likeness (QED) is 0.258. The van der Waals surface area contributed by atoms with Gasteiger partial charge in [-0.1, -0.05) is 0 Å². The lowest BCUT2D eigenvalue weighted by molar-refractivity contribution is -0.659. The first-order chi connectivity index (χ1) is 16.0. The lowest BCUT2D eigenvalue weighted by Crippen LogP contribution is -2.48. The van der Waals surface area contributed by atoms with E-state index in [-0.39, 0.29) is 0 Å². The van der Waals surface area contributed by atoms with Crippen LogP contribution in [0.2, 0.25) is 0 Å². The molecule has 0 atom stereocenters. The predicted molar refractivity (Wildman–Crippen MR) is 130 cm³/mol. The van der Waals surface area contributed by atoms with E-state index >= 15 is 0 Å². The molecule has 0 radical (unpaired) electrons. The van der Waals surface area contributed by atoms with Crippen molar-refractivity contribution >= 4 is 21.7 Å². The molecule has 4 aromatic rings. The molecule has 4 fully saturated rings. The second-order valence-electron chi connectivity index (χ2n) is 11.6. The number of pyridine rings is 1. The molecule has 0 spiro atoms. The van der Waals surface area contributed by atoms with E-state index in [0.717, 1.165) is 45.8 Å². The topological polar surface area (TPSA) is 26.2 Å². The highest BCUT2D eigenvalue weighted by molar-refractivity contribution is 6.05. The van der Waals surface area contributed by atoms with Crippen molar-refractivity contribution in [3.63, 3.8) is 0 Å². The van der Waals surface area contributed by atoms with Crippen molar-refractivity contribution in [2.24, 2.45) is 24.8 Å². The zero-order valence-electron chi connectivity index (χ0n) is 19.7. The molecule has 166 valence electrons. The van der Waals surface area contributed by atoms with Gasteiger partial charge in [0.1, 0.15) is 24.1 Å². The van der Waals surface area contributed by atoms with E-state index in [1.165, 1.54) is 71.7 Å². The Bertz CT molecular complexity index is 1470. The van der Waals surface area contributed by atoms with Gasteiger partial charge in [-0.15, -0.1) is 0 Å². The van der Waals surface area contributed by atoms with E-state index in [4.69, 9.17) is 9.15 Å². The Hall–Kier alpha value is -2.81. The number of aryl methyl sites for hydroxylation is 3. The number of rotatable bonds is 1. The number of fused-ring (bicyclic) bond motifs is 3. The molecule has 3 nitrogen and oxygen atoms in total. The third-order valence-corrected chi connectivity index (χ3v) is 9.65. The minimum atomic E-state index is 0.362. The van der Waals surface area contributed by atoms with Gasteiger partial charge in [0.15, 0.2) is 6.20 Å². The fraction of sp³-hybridized carbons (Fsp3) is 0.433. The van der Waals surface area contributed by atoms with Crippen LogP contribution in [0.4, 0.5) is 0 Å². The highest BCUT2D eigenvalue weighted by Gasteiger charge is 2.52. The monoisotopic (exact) mass is 436 g/mol. The summed E-state index contributed by atoms with van der Waals surface area (Å²) < 4.78 is 15.0. The number of nitrogens with zero attached hydrogens (tertiary/aromatic N) is 1. The zero-order valence-corrected chi connectivity index (χ0v) is 19.7. The van der Waals surface area contributed by atoms with Crippen molar-refractivity contribution in [1.82, 2.24) is 0 Å². The normalized spacial score (nSPS) is 29.0. The molecule has 0 saturated heterocycles. The summed E-state index contributed by atoms with van der Waals surface area (Å²) in [5.41, 5.74) is 7.63. The third kappa shape index (κ3) is 2.28. The summed E-state index contributed by atoms with van der Waals surface area (Å²) in [4.78, 5) is 0. The Labute approximate surface area is 194 Å². The summed E-state index contributed by atoms with van der Waals surface area (Å²) in [6.45, 7) is 4.34. The van der Waals surface area contributed by atoms with Crippen LogP contribution in [-0.2, 0) is 12.5 Å². The average molecular weight is 437 g/mol. The molecule has 3 heterocycles. The molecular formula is C30H30NO2+. The van der Waals surface area contributed by atoms with Crippen molar-refractivity contribution in [2.45, 2.75) is 57.8 Å². The number of ether oxygens (including phenoxy) is 1.